The first kappa shape index (κ1) is 22.1. The SMILES string of the molecule is C[C@H]1OCCN[C@@H]1C(=O)NCC(=O)Nc1cccc2cccnc12.Cl.Cl. The Balaban J connectivity index is 0.00000169. The summed E-state index contributed by atoms with van der Waals surface area (Å²) < 4.78 is 5.43. The van der Waals surface area contributed by atoms with Crippen LogP contribution in [0, 0.1) is 0 Å². The van der Waals surface area contributed by atoms with E-state index in [0.717, 1.165) is 10.9 Å². The molecule has 142 valence electrons. The molecule has 3 rings (SSSR count). The number of para-hydroxylation sites is 1. The van der Waals surface area contributed by atoms with E-state index in [0.29, 0.717) is 18.8 Å². The summed E-state index contributed by atoms with van der Waals surface area (Å²) in [5, 5.41) is 9.45. The number of rotatable bonds is 4. The second-order valence-corrected chi connectivity index (χ2v) is 5.65. The number of pyridine rings is 1. The van der Waals surface area contributed by atoms with Crippen molar-refractivity contribution in [1.82, 2.24) is 15.6 Å². The fourth-order valence-electron chi connectivity index (χ4n) is 2.70. The Morgan fingerprint density at radius 3 is 2.81 bits per heavy atom. The Labute approximate surface area is 164 Å². The molecule has 0 spiro atoms. The first-order valence-corrected chi connectivity index (χ1v) is 7.91. The van der Waals surface area contributed by atoms with Gasteiger partial charge in [-0.15, -0.1) is 24.8 Å². The third-order valence-electron chi connectivity index (χ3n) is 3.93. The number of anilines is 1. The van der Waals surface area contributed by atoms with Crippen molar-refractivity contribution in [3.8, 4) is 0 Å². The van der Waals surface area contributed by atoms with Crippen LogP contribution < -0.4 is 16.0 Å². The normalized spacial score (nSPS) is 19.0. The third-order valence-corrected chi connectivity index (χ3v) is 3.93. The summed E-state index contributed by atoms with van der Waals surface area (Å²) in [6.45, 7) is 2.93. The minimum absolute atomic E-state index is 0. The van der Waals surface area contributed by atoms with E-state index in [9.17, 15) is 9.59 Å². The molecule has 2 heterocycles. The van der Waals surface area contributed by atoms with Crippen molar-refractivity contribution in [2.75, 3.05) is 25.0 Å². The maximum absolute atomic E-state index is 12.1. The van der Waals surface area contributed by atoms with Gasteiger partial charge in [-0.05, 0) is 19.1 Å². The Morgan fingerprint density at radius 1 is 1.27 bits per heavy atom. The molecule has 1 aliphatic heterocycles. The average Bonchev–Trinajstić information content (AvgIpc) is 2.60. The highest BCUT2D eigenvalue weighted by Crippen LogP contribution is 2.20. The van der Waals surface area contributed by atoms with Gasteiger partial charge in [0.2, 0.25) is 11.8 Å². The lowest BCUT2D eigenvalue weighted by Crippen LogP contribution is -2.56. The lowest BCUT2D eigenvalue weighted by Gasteiger charge is -2.29. The highest BCUT2D eigenvalue weighted by molar-refractivity contribution is 6.02. The van der Waals surface area contributed by atoms with Gasteiger partial charge >= 0.3 is 0 Å². The Morgan fingerprint density at radius 2 is 2.04 bits per heavy atom. The molecule has 2 atom stereocenters. The largest absolute Gasteiger partial charge is 0.375 e. The average molecular weight is 401 g/mol. The van der Waals surface area contributed by atoms with Crippen molar-refractivity contribution in [2.24, 2.45) is 0 Å². The molecule has 0 radical (unpaired) electrons. The van der Waals surface area contributed by atoms with Crippen LogP contribution in [0.25, 0.3) is 10.9 Å². The summed E-state index contributed by atoms with van der Waals surface area (Å²) in [4.78, 5) is 28.5. The summed E-state index contributed by atoms with van der Waals surface area (Å²) >= 11 is 0. The molecule has 3 N–H and O–H groups in total. The molecule has 0 aliphatic carbocycles. The molecule has 2 amide bonds. The van der Waals surface area contributed by atoms with Crippen molar-refractivity contribution in [3.05, 3.63) is 36.5 Å². The van der Waals surface area contributed by atoms with E-state index < -0.39 is 6.04 Å². The summed E-state index contributed by atoms with van der Waals surface area (Å²) in [7, 11) is 0. The lowest BCUT2D eigenvalue weighted by molar-refractivity contribution is -0.130. The molecule has 1 aromatic carbocycles. The van der Waals surface area contributed by atoms with Gasteiger partial charge in [0.1, 0.15) is 6.04 Å². The van der Waals surface area contributed by atoms with Crippen molar-refractivity contribution >= 4 is 53.2 Å². The van der Waals surface area contributed by atoms with Gasteiger partial charge in [0.15, 0.2) is 0 Å². The zero-order valence-corrected chi connectivity index (χ0v) is 15.9. The van der Waals surface area contributed by atoms with Crippen molar-refractivity contribution in [3.63, 3.8) is 0 Å². The van der Waals surface area contributed by atoms with E-state index in [4.69, 9.17) is 4.74 Å². The number of halogens is 2. The van der Waals surface area contributed by atoms with Crippen LogP contribution in [0.15, 0.2) is 36.5 Å². The number of amides is 2. The van der Waals surface area contributed by atoms with Crippen LogP contribution >= 0.6 is 24.8 Å². The van der Waals surface area contributed by atoms with E-state index in [2.05, 4.69) is 20.9 Å². The van der Waals surface area contributed by atoms with Crippen LogP contribution in [0.3, 0.4) is 0 Å². The molecule has 0 bridgehead atoms. The van der Waals surface area contributed by atoms with Crippen LogP contribution in [-0.2, 0) is 14.3 Å². The van der Waals surface area contributed by atoms with Gasteiger partial charge in [0, 0.05) is 18.1 Å². The van der Waals surface area contributed by atoms with Crippen molar-refractivity contribution < 1.29 is 14.3 Å². The molecule has 26 heavy (non-hydrogen) atoms. The molecule has 9 heteroatoms. The first-order valence-electron chi connectivity index (χ1n) is 7.91. The predicted octanol–water partition coefficient (Wildman–Crippen LogP) is 1.51. The summed E-state index contributed by atoms with van der Waals surface area (Å²) in [5.41, 5.74) is 1.34. The second-order valence-electron chi connectivity index (χ2n) is 5.65. The number of hydrogen-bond donors (Lipinski definition) is 3. The summed E-state index contributed by atoms with van der Waals surface area (Å²) in [5.74, 6) is -0.542. The van der Waals surface area contributed by atoms with Crippen molar-refractivity contribution in [2.45, 2.75) is 19.1 Å². The molecule has 1 aliphatic rings. The number of hydrogen-bond acceptors (Lipinski definition) is 5. The zero-order valence-electron chi connectivity index (χ0n) is 14.2. The number of fused-ring (bicyclic) bond motifs is 1. The molecule has 1 fully saturated rings. The molecule has 0 unspecified atom stereocenters. The monoisotopic (exact) mass is 400 g/mol. The van der Waals surface area contributed by atoms with Crippen LogP contribution in [0.4, 0.5) is 5.69 Å². The number of nitrogens with zero attached hydrogens (tertiary/aromatic N) is 1. The molecule has 0 saturated carbocycles. The Bertz CT molecular complexity index is 754. The maximum Gasteiger partial charge on any atom is 0.243 e. The smallest absolute Gasteiger partial charge is 0.243 e. The van der Waals surface area contributed by atoms with Gasteiger partial charge in [-0.2, -0.15) is 0 Å². The van der Waals surface area contributed by atoms with Gasteiger partial charge in [0.05, 0.1) is 30.5 Å². The van der Waals surface area contributed by atoms with Gasteiger partial charge in [0.25, 0.3) is 0 Å². The molecule has 1 aromatic heterocycles. The molecular formula is C17H22Cl2N4O3. The number of benzene rings is 1. The van der Waals surface area contributed by atoms with Crippen LogP contribution in [0.1, 0.15) is 6.92 Å². The quantitative estimate of drug-likeness (QED) is 0.723. The van der Waals surface area contributed by atoms with E-state index in [1.165, 1.54) is 0 Å². The maximum atomic E-state index is 12.1. The fraction of sp³-hybridized carbons (Fsp3) is 0.353. The first-order chi connectivity index (χ1) is 11.6. The number of carbonyl (C=O) groups excluding carboxylic acids is 2. The number of aromatic nitrogens is 1. The summed E-state index contributed by atoms with van der Waals surface area (Å²) in [6, 6.07) is 8.89. The number of ether oxygens (including phenoxy) is 1. The number of nitrogens with one attached hydrogen (secondary N) is 3. The van der Waals surface area contributed by atoms with E-state index in [1.54, 1.807) is 12.3 Å². The van der Waals surface area contributed by atoms with Gasteiger partial charge < -0.3 is 20.7 Å². The standard InChI is InChI=1S/C17H20N4O3.2ClH/c1-11-15(19-8-9-24-11)17(23)20-10-14(22)21-13-6-2-4-12-5-3-7-18-16(12)13;;/h2-7,11,15,19H,8-10H2,1H3,(H,20,23)(H,21,22);2*1H/t11-,15+;;/m1../s1. The molecule has 1 saturated heterocycles. The molecular weight excluding hydrogens is 379 g/mol. The predicted molar refractivity (Wildman–Crippen MR) is 105 cm³/mol. The van der Waals surface area contributed by atoms with E-state index in [-0.39, 0.29) is 49.3 Å². The van der Waals surface area contributed by atoms with Crippen molar-refractivity contribution in [1.29, 1.82) is 0 Å². The van der Waals surface area contributed by atoms with E-state index in [1.807, 2.05) is 31.2 Å². The third kappa shape index (κ3) is 5.28. The van der Waals surface area contributed by atoms with Crippen LogP contribution in [-0.4, -0.2) is 48.6 Å². The van der Waals surface area contributed by atoms with Crippen LogP contribution in [0.5, 0.6) is 0 Å². The van der Waals surface area contributed by atoms with Crippen LogP contribution in [0.2, 0.25) is 0 Å². The fourth-order valence-corrected chi connectivity index (χ4v) is 2.70. The molecule has 2 aromatic rings. The topological polar surface area (TPSA) is 92.4 Å². The lowest BCUT2D eigenvalue weighted by atomic mass is 10.1. The Kier molecular flexibility index (Phi) is 8.74. The number of carbonyl (C=O) groups is 2. The second kappa shape index (κ2) is 10.3. The minimum atomic E-state index is -0.439. The summed E-state index contributed by atoms with van der Waals surface area (Å²) in [6.07, 6.45) is 1.46. The van der Waals surface area contributed by atoms with Gasteiger partial charge in [-0.25, -0.2) is 0 Å². The highest BCUT2D eigenvalue weighted by atomic mass is 35.5. The Hall–Kier alpha value is -1.93. The number of morpholine rings is 1. The zero-order chi connectivity index (χ0) is 16.9. The molecule has 7 nitrogen and oxygen atoms in total. The van der Waals surface area contributed by atoms with Gasteiger partial charge in [-0.3, -0.25) is 14.6 Å². The van der Waals surface area contributed by atoms with Gasteiger partial charge in [-0.1, -0.05) is 18.2 Å². The van der Waals surface area contributed by atoms with E-state index >= 15 is 0 Å². The minimum Gasteiger partial charge on any atom is -0.375 e. The highest BCUT2D eigenvalue weighted by Gasteiger charge is 2.28.